The van der Waals surface area contributed by atoms with Gasteiger partial charge in [-0.05, 0) is 0 Å². The van der Waals surface area contributed by atoms with Crippen molar-refractivity contribution in [2.75, 3.05) is 0 Å². The van der Waals surface area contributed by atoms with Crippen molar-refractivity contribution in [1.82, 2.24) is 0 Å². The van der Waals surface area contributed by atoms with Crippen LogP contribution in [0.2, 0.25) is 0 Å². The van der Waals surface area contributed by atoms with Crippen LogP contribution in [-0.2, 0) is 26.2 Å². The van der Waals surface area contributed by atoms with Crippen LogP contribution in [0.5, 0.6) is 0 Å². The third kappa shape index (κ3) is 26.3. The first-order chi connectivity index (χ1) is 0. The molecule has 0 aliphatic rings. The Balaban J connectivity index is 0. The topological polar surface area (TPSA) is 60.0 Å². The van der Waals surface area contributed by atoms with Crippen molar-refractivity contribution in [3.05, 3.63) is 0 Å². The molecule has 0 heterocycles. The molecule has 0 radical (unpaired) electrons. The summed E-state index contributed by atoms with van der Waals surface area (Å²) in [4.78, 5) is 0. The average molecular weight is 285 g/mol. The van der Waals surface area contributed by atoms with E-state index >= 15 is 0 Å². The smallest absolute Gasteiger partial charge is 1.00 e. The standard InChI is InChI=1S/2BrH.2H2O.Zr/h2*1H;2*1H2;/q;;;;+4/p-4. The van der Waals surface area contributed by atoms with E-state index in [1.54, 1.807) is 0 Å². The first-order valence-electron chi connectivity index (χ1n) is 0. The van der Waals surface area contributed by atoms with E-state index in [9.17, 15) is 0 Å². The van der Waals surface area contributed by atoms with E-state index in [2.05, 4.69) is 0 Å². The molecule has 0 bridgehead atoms. The number of rotatable bonds is 0. The van der Waals surface area contributed by atoms with Gasteiger partial charge in [-0.1, -0.05) is 0 Å². The maximum Gasteiger partial charge on any atom is 4.00 e. The van der Waals surface area contributed by atoms with Crippen LogP contribution < -0.4 is 34.0 Å². The van der Waals surface area contributed by atoms with Crippen LogP contribution in [0.1, 0.15) is 0 Å². The maximum absolute atomic E-state index is 0. The Morgan fingerprint density at radius 3 is 0.600 bits per heavy atom. The van der Waals surface area contributed by atoms with Crippen LogP contribution in [0, 0.1) is 0 Å². The fourth-order valence-electron chi connectivity index (χ4n) is 0. The molecule has 2 N–H and O–H groups in total. The molecular weight excluding hydrogens is 283 g/mol. The van der Waals surface area contributed by atoms with Gasteiger partial charge >= 0.3 is 26.2 Å². The van der Waals surface area contributed by atoms with Crippen LogP contribution in [0.25, 0.3) is 0 Å². The van der Waals surface area contributed by atoms with Gasteiger partial charge in [0.15, 0.2) is 0 Å². The van der Waals surface area contributed by atoms with Crippen LogP contribution in [0.4, 0.5) is 0 Å². The van der Waals surface area contributed by atoms with E-state index in [1.807, 2.05) is 0 Å². The van der Waals surface area contributed by atoms with Gasteiger partial charge in [0.1, 0.15) is 0 Å². The summed E-state index contributed by atoms with van der Waals surface area (Å²) in [5.41, 5.74) is 0. The van der Waals surface area contributed by atoms with Crippen molar-refractivity contribution >= 4 is 0 Å². The summed E-state index contributed by atoms with van der Waals surface area (Å²) in [6.45, 7) is 0. The van der Waals surface area contributed by atoms with E-state index in [0.29, 0.717) is 0 Å². The maximum atomic E-state index is 0. The summed E-state index contributed by atoms with van der Waals surface area (Å²) in [5, 5.41) is 0. The zero-order valence-electron chi connectivity index (χ0n) is 2.15. The van der Waals surface area contributed by atoms with Crippen LogP contribution in [-0.4, -0.2) is 11.0 Å². The number of halogens is 2. The SMILES string of the molecule is [Br-].[Br-].[OH-].[OH-].[Zr+4]. The molecule has 0 aromatic rings. The molecule has 0 atom stereocenters. The van der Waals surface area contributed by atoms with Gasteiger partial charge < -0.3 is 44.9 Å². The summed E-state index contributed by atoms with van der Waals surface area (Å²) in [7, 11) is 0. The third-order valence-electron chi connectivity index (χ3n) is 0. The molecule has 0 aliphatic heterocycles. The van der Waals surface area contributed by atoms with Gasteiger partial charge in [0.25, 0.3) is 0 Å². The molecule has 0 saturated heterocycles. The first-order valence-corrected chi connectivity index (χ1v) is 0. The molecule has 0 aromatic carbocycles. The van der Waals surface area contributed by atoms with Gasteiger partial charge in [0.05, 0.1) is 0 Å². The van der Waals surface area contributed by atoms with E-state index in [0.717, 1.165) is 0 Å². The molecule has 5 heavy (non-hydrogen) atoms. The number of hydrogen-bond acceptors (Lipinski definition) is 2. The fourth-order valence-corrected chi connectivity index (χ4v) is 0. The minimum Gasteiger partial charge on any atom is -1.00 e. The van der Waals surface area contributed by atoms with Crippen molar-refractivity contribution in [2.24, 2.45) is 0 Å². The molecule has 0 unspecified atom stereocenters. The quantitative estimate of drug-likeness (QED) is 0.444. The second kappa shape index (κ2) is 42.1. The minimum atomic E-state index is 0. The molecule has 0 spiro atoms. The minimum absolute atomic E-state index is 0. The Hall–Kier alpha value is 1.76. The van der Waals surface area contributed by atoms with E-state index < -0.39 is 0 Å². The van der Waals surface area contributed by atoms with Crippen LogP contribution >= 0.6 is 0 Å². The zero-order valence-corrected chi connectivity index (χ0v) is 7.78. The third-order valence-corrected chi connectivity index (χ3v) is 0. The van der Waals surface area contributed by atoms with E-state index in [4.69, 9.17) is 0 Å². The monoisotopic (exact) mass is 282 g/mol. The predicted octanol–water partition coefficient (Wildman–Crippen LogP) is -6.35. The van der Waals surface area contributed by atoms with Crippen LogP contribution in [0.3, 0.4) is 0 Å². The molecule has 0 amide bonds. The Morgan fingerprint density at radius 2 is 0.600 bits per heavy atom. The van der Waals surface area contributed by atoms with Crippen molar-refractivity contribution in [3.63, 3.8) is 0 Å². The molecule has 5 heteroatoms. The van der Waals surface area contributed by atoms with Gasteiger partial charge in [0.2, 0.25) is 0 Å². The molecular formula is H2Br2O2Zr. The van der Waals surface area contributed by atoms with Crippen molar-refractivity contribution < 1.29 is 71.1 Å². The molecule has 0 aliphatic carbocycles. The second-order valence-electron chi connectivity index (χ2n) is 0. The Morgan fingerprint density at radius 1 is 0.600 bits per heavy atom. The van der Waals surface area contributed by atoms with Crippen molar-refractivity contribution in [2.45, 2.75) is 0 Å². The summed E-state index contributed by atoms with van der Waals surface area (Å²) in [6.07, 6.45) is 0. The fraction of sp³-hybridized carbons (Fsp3) is 0. The first kappa shape index (κ1) is 72.3. The molecule has 32 valence electrons. The van der Waals surface area contributed by atoms with Gasteiger partial charge in [0, 0.05) is 0 Å². The number of hydrogen-bond donors (Lipinski definition) is 0. The van der Waals surface area contributed by atoms with Crippen molar-refractivity contribution in [3.8, 4) is 0 Å². The zero-order chi connectivity index (χ0) is 0. The van der Waals surface area contributed by atoms with Gasteiger partial charge in [-0.3, -0.25) is 0 Å². The normalized spacial score (nSPS) is 0. The Bertz CT molecular complexity index is 7.61. The van der Waals surface area contributed by atoms with E-state index in [1.165, 1.54) is 0 Å². The molecule has 0 aromatic heterocycles. The second-order valence-corrected chi connectivity index (χ2v) is 0. The van der Waals surface area contributed by atoms with E-state index in [-0.39, 0.29) is 71.1 Å². The predicted molar refractivity (Wildman–Crippen MR) is 3.87 cm³/mol. The molecule has 0 fully saturated rings. The summed E-state index contributed by atoms with van der Waals surface area (Å²) in [6, 6.07) is 0. The molecule has 0 saturated carbocycles. The molecule has 2 nitrogen and oxygen atoms in total. The average Bonchev–Trinajstić information content (AvgIpc) is 0. The van der Waals surface area contributed by atoms with Crippen molar-refractivity contribution in [1.29, 1.82) is 0 Å². The summed E-state index contributed by atoms with van der Waals surface area (Å²) >= 11 is 0. The molecule has 0 rings (SSSR count). The Kier molecular flexibility index (Phi) is 608. The van der Waals surface area contributed by atoms with Gasteiger partial charge in [-0.15, -0.1) is 0 Å². The van der Waals surface area contributed by atoms with Gasteiger partial charge in [-0.2, -0.15) is 0 Å². The summed E-state index contributed by atoms with van der Waals surface area (Å²) < 4.78 is 0. The Labute approximate surface area is 70.6 Å². The van der Waals surface area contributed by atoms with Gasteiger partial charge in [-0.25, -0.2) is 0 Å². The van der Waals surface area contributed by atoms with Crippen LogP contribution in [0.15, 0.2) is 0 Å². The largest absolute Gasteiger partial charge is 4.00 e. The summed E-state index contributed by atoms with van der Waals surface area (Å²) in [5.74, 6) is 0.